The molecule has 0 aliphatic carbocycles. The number of carbonyl (C=O) groups excluding carboxylic acids is 2. The van der Waals surface area contributed by atoms with E-state index in [0.29, 0.717) is 32.8 Å². The van der Waals surface area contributed by atoms with Gasteiger partial charge in [-0.25, -0.2) is 0 Å². The zero-order chi connectivity index (χ0) is 18.1. The monoisotopic (exact) mass is 357 g/mol. The van der Waals surface area contributed by atoms with Crippen molar-refractivity contribution in [2.75, 3.05) is 45.9 Å². The van der Waals surface area contributed by atoms with E-state index >= 15 is 0 Å². The van der Waals surface area contributed by atoms with E-state index in [1.807, 2.05) is 40.1 Å². The molecule has 3 atom stereocenters. The summed E-state index contributed by atoms with van der Waals surface area (Å²) >= 11 is 0. The zero-order valence-corrected chi connectivity index (χ0v) is 15.3. The molecule has 2 amide bonds. The maximum absolute atomic E-state index is 13.3. The Kier molecular flexibility index (Phi) is 4.96. The summed E-state index contributed by atoms with van der Waals surface area (Å²) in [6.45, 7) is 6.77. The van der Waals surface area contributed by atoms with E-state index in [9.17, 15) is 9.59 Å². The lowest BCUT2D eigenvalue weighted by Gasteiger charge is -2.40. The predicted molar refractivity (Wildman–Crippen MR) is 97.4 cm³/mol. The minimum atomic E-state index is -0.166. The molecule has 0 radical (unpaired) electrons. The van der Waals surface area contributed by atoms with Gasteiger partial charge in [-0.2, -0.15) is 0 Å². The van der Waals surface area contributed by atoms with Crippen molar-refractivity contribution in [1.29, 1.82) is 0 Å². The number of hydrogen-bond donors (Lipinski definition) is 0. The van der Waals surface area contributed by atoms with Crippen LogP contribution in [0.5, 0.6) is 0 Å². The number of benzene rings is 1. The molecule has 0 spiro atoms. The van der Waals surface area contributed by atoms with Gasteiger partial charge in [0.05, 0.1) is 31.7 Å². The molecule has 1 aromatic carbocycles. The first-order chi connectivity index (χ1) is 12.7. The highest BCUT2D eigenvalue weighted by Crippen LogP contribution is 2.43. The highest BCUT2D eigenvalue weighted by molar-refractivity contribution is 5.85. The fraction of sp³-hybridized carbons (Fsp3) is 0.600. The van der Waals surface area contributed by atoms with E-state index in [2.05, 4.69) is 11.8 Å². The van der Waals surface area contributed by atoms with Crippen molar-refractivity contribution >= 4 is 11.8 Å². The quantitative estimate of drug-likeness (QED) is 0.814. The summed E-state index contributed by atoms with van der Waals surface area (Å²) in [5, 5.41) is 0. The smallest absolute Gasteiger partial charge is 0.237 e. The summed E-state index contributed by atoms with van der Waals surface area (Å²) < 4.78 is 5.40. The molecular formula is C20H27N3O3. The van der Waals surface area contributed by atoms with Crippen LogP contribution < -0.4 is 0 Å². The van der Waals surface area contributed by atoms with E-state index in [1.165, 1.54) is 0 Å². The number of rotatable bonds is 3. The number of fused-ring (bicyclic) bond motifs is 1. The number of nitrogens with zero attached hydrogens (tertiary/aromatic N) is 3. The number of ether oxygens (including phenoxy) is 1. The van der Waals surface area contributed by atoms with E-state index < -0.39 is 0 Å². The summed E-state index contributed by atoms with van der Waals surface area (Å²) in [5.41, 5.74) is 1.07. The molecule has 3 fully saturated rings. The molecule has 6 heteroatoms. The standard InChI is InChI=1S/C20H27N3O3/c1-2-21-13-16-12-17(20(25)22-8-10-26-11-9-22)19(23(16)18(24)14-21)15-6-4-3-5-7-15/h3-7,16-17,19H,2,8-14H2,1H3/t16-,17?,19?/m0/s1. The highest BCUT2D eigenvalue weighted by atomic mass is 16.5. The van der Waals surface area contributed by atoms with Gasteiger partial charge < -0.3 is 14.5 Å². The third kappa shape index (κ3) is 3.12. The number of piperazine rings is 1. The van der Waals surface area contributed by atoms with Gasteiger partial charge in [0.15, 0.2) is 0 Å². The Hall–Kier alpha value is -1.92. The minimum Gasteiger partial charge on any atom is -0.378 e. The van der Waals surface area contributed by atoms with Gasteiger partial charge in [-0.05, 0) is 18.5 Å². The summed E-state index contributed by atoms with van der Waals surface area (Å²) in [5.74, 6) is 0.155. The number of amides is 2. The Bertz CT molecular complexity index is 660. The lowest BCUT2D eigenvalue weighted by Crippen LogP contribution is -2.54. The van der Waals surface area contributed by atoms with Gasteiger partial charge in [0, 0.05) is 25.7 Å². The second-order valence-electron chi connectivity index (χ2n) is 7.42. The highest BCUT2D eigenvalue weighted by Gasteiger charge is 2.50. The van der Waals surface area contributed by atoms with Gasteiger partial charge in [-0.1, -0.05) is 37.3 Å². The molecule has 3 heterocycles. The summed E-state index contributed by atoms with van der Waals surface area (Å²) in [6.07, 6.45) is 0.748. The Labute approximate surface area is 154 Å². The number of hydrogen-bond acceptors (Lipinski definition) is 4. The van der Waals surface area contributed by atoms with Gasteiger partial charge in [0.25, 0.3) is 0 Å². The zero-order valence-electron chi connectivity index (χ0n) is 15.3. The number of likely N-dealkylation sites (N-methyl/N-ethyl adjacent to an activating group) is 1. The van der Waals surface area contributed by atoms with Crippen LogP contribution in [-0.4, -0.2) is 78.5 Å². The minimum absolute atomic E-state index is 0.122. The molecule has 4 rings (SSSR count). The van der Waals surface area contributed by atoms with E-state index in [-0.39, 0.29) is 29.8 Å². The summed E-state index contributed by atoms with van der Waals surface area (Å²) in [4.78, 5) is 32.3. The molecule has 6 nitrogen and oxygen atoms in total. The van der Waals surface area contributed by atoms with Crippen LogP contribution in [0.4, 0.5) is 0 Å². The summed E-state index contributed by atoms with van der Waals surface area (Å²) in [6, 6.07) is 10.0. The van der Waals surface area contributed by atoms with Crippen LogP contribution in [0, 0.1) is 5.92 Å². The van der Waals surface area contributed by atoms with Crippen molar-refractivity contribution in [2.45, 2.75) is 25.4 Å². The Morgan fingerprint density at radius 1 is 1.19 bits per heavy atom. The van der Waals surface area contributed by atoms with Crippen LogP contribution in [0.1, 0.15) is 24.9 Å². The maximum atomic E-state index is 13.3. The summed E-state index contributed by atoms with van der Waals surface area (Å²) in [7, 11) is 0. The van der Waals surface area contributed by atoms with Crippen molar-refractivity contribution < 1.29 is 14.3 Å². The van der Waals surface area contributed by atoms with Crippen molar-refractivity contribution in [3.8, 4) is 0 Å². The molecular weight excluding hydrogens is 330 g/mol. The van der Waals surface area contributed by atoms with Gasteiger partial charge in [-0.15, -0.1) is 0 Å². The molecule has 3 saturated heterocycles. The normalized spacial score (nSPS) is 29.7. The molecule has 0 bridgehead atoms. The molecule has 0 N–H and O–H groups in total. The van der Waals surface area contributed by atoms with Crippen LogP contribution in [0.25, 0.3) is 0 Å². The molecule has 3 aliphatic heterocycles. The van der Waals surface area contributed by atoms with E-state index in [1.54, 1.807) is 0 Å². The van der Waals surface area contributed by atoms with Crippen molar-refractivity contribution in [3.05, 3.63) is 35.9 Å². The van der Waals surface area contributed by atoms with Crippen molar-refractivity contribution in [2.24, 2.45) is 5.92 Å². The van der Waals surface area contributed by atoms with Gasteiger partial charge in [0.1, 0.15) is 0 Å². The van der Waals surface area contributed by atoms with Crippen LogP contribution >= 0.6 is 0 Å². The average molecular weight is 357 g/mol. The maximum Gasteiger partial charge on any atom is 0.237 e. The van der Waals surface area contributed by atoms with Gasteiger partial charge in [0.2, 0.25) is 11.8 Å². The fourth-order valence-electron chi connectivity index (χ4n) is 4.65. The van der Waals surface area contributed by atoms with Crippen LogP contribution in [0.15, 0.2) is 30.3 Å². The average Bonchev–Trinajstić information content (AvgIpc) is 3.08. The lowest BCUT2D eigenvalue weighted by molar-refractivity contribution is -0.143. The van der Waals surface area contributed by atoms with Gasteiger partial charge >= 0.3 is 0 Å². The predicted octanol–water partition coefficient (Wildman–Crippen LogP) is 1.14. The second-order valence-corrected chi connectivity index (χ2v) is 7.42. The largest absolute Gasteiger partial charge is 0.378 e. The molecule has 26 heavy (non-hydrogen) atoms. The van der Waals surface area contributed by atoms with Crippen LogP contribution in [0.3, 0.4) is 0 Å². The second kappa shape index (κ2) is 7.37. The van der Waals surface area contributed by atoms with Crippen LogP contribution in [0.2, 0.25) is 0 Å². The van der Waals surface area contributed by atoms with E-state index in [4.69, 9.17) is 4.74 Å². The number of carbonyl (C=O) groups is 2. The Morgan fingerprint density at radius 2 is 1.92 bits per heavy atom. The SMILES string of the molecule is CCN1CC(=O)N2C(c3ccccc3)C(C(=O)N3CCOCC3)C[C@H]2C1. The lowest BCUT2D eigenvalue weighted by atomic mass is 9.91. The Morgan fingerprint density at radius 3 is 2.62 bits per heavy atom. The first kappa shape index (κ1) is 17.5. The topological polar surface area (TPSA) is 53.1 Å². The first-order valence-electron chi connectivity index (χ1n) is 9.64. The number of morpholine rings is 1. The molecule has 0 saturated carbocycles. The third-order valence-electron chi connectivity index (χ3n) is 5.94. The first-order valence-corrected chi connectivity index (χ1v) is 9.64. The third-order valence-corrected chi connectivity index (χ3v) is 5.94. The molecule has 1 aromatic rings. The van der Waals surface area contributed by atoms with Crippen molar-refractivity contribution in [1.82, 2.24) is 14.7 Å². The van der Waals surface area contributed by atoms with Crippen molar-refractivity contribution in [3.63, 3.8) is 0 Å². The molecule has 3 aliphatic rings. The Balaban J connectivity index is 1.65. The van der Waals surface area contributed by atoms with E-state index in [0.717, 1.165) is 25.1 Å². The molecule has 0 aromatic heterocycles. The molecule has 140 valence electrons. The molecule has 2 unspecified atom stereocenters. The fourth-order valence-corrected chi connectivity index (χ4v) is 4.65. The van der Waals surface area contributed by atoms with Gasteiger partial charge in [-0.3, -0.25) is 14.5 Å². The van der Waals surface area contributed by atoms with Crippen LogP contribution in [-0.2, 0) is 14.3 Å².